The number of unbranched alkanes of at least 4 members (excludes halogenated alkanes) is 10. The third-order valence-electron chi connectivity index (χ3n) is 4.36. The zero-order valence-electron chi connectivity index (χ0n) is 16.0. The predicted molar refractivity (Wildman–Crippen MR) is 101 cm³/mol. The summed E-state index contributed by atoms with van der Waals surface area (Å²) >= 11 is 0. The number of hydrogen-bond acceptors (Lipinski definition) is 2. The molecule has 0 amide bonds. The van der Waals surface area contributed by atoms with E-state index >= 15 is 0 Å². The molecule has 0 saturated heterocycles. The van der Waals surface area contributed by atoms with Crippen molar-refractivity contribution in [1.29, 1.82) is 0 Å². The Labute approximate surface area is 145 Å². The monoisotopic (exact) mass is 324 g/mol. The van der Waals surface area contributed by atoms with Gasteiger partial charge in [-0.25, -0.2) is 4.79 Å². The van der Waals surface area contributed by atoms with Gasteiger partial charge >= 0.3 is 5.97 Å². The maximum Gasteiger partial charge on any atom is 0.333 e. The summed E-state index contributed by atoms with van der Waals surface area (Å²) in [4.78, 5) is 11.6. The zero-order chi connectivity index (χ0) is 17.3. The molecule has 2 nitrogen and oxygen atoms in total. The van der Waals surface area contributed by atoms with Gasteiger partial charge in [0.1, 0.15) is 6.10 Å². The van der Waals surface area contributed by atoms with Crippen molar-refractivity contribution in [3.8, 4) is 0 Å². The van der Waals surface area contributed by atoms with Crippen molar-refractivity contribution in [3.63, 3.8) is 0 Å². The van der Waals surface area contributed by atoms with E-state index in [1.165, 1.54) is 70.6 Å². The van der Waals surface area contributed by atoms with Gasteiger partial charge in [0.05, 0.1) is 0 Å². The molecular weight excluding hydrogens is 284 g/mol. The van der Waals surface area contributed by atoms with Crippen LogP contribution < -0.4 is 0 Å². The maximum absolute atomic E-state index is 11.6. The molecule has 0 N–H and O–H groups in total. The van der Waals surface area contributed by atoms with Gasteiger partial charge in [-0.05, 0) is 26.2 Å². The molecule has 0 saturated carbocycles. The van der Waals surface area contributed by atoms with Crippen molar-refractivity contribution in [1.82, 2.24) is 0 Å². The number of esters is 1. The molecule has 0 aromatic rings. The van der Waals surface area contributed by atoms with Crippen molar-refractivity contribution in [3.05, 3.63) is 12.2 Å². The SMILES string of the molecule is C=C(C)C(=O)OC(CCC)CCCCCCCCCCCCC. The minimum atomic E-state index is -0.230. The molecular formula is C21H40O2. The molecule has 0 aromatic carbocycles. The molecule has 0 bridgehead atoms. The molecule has 0 aromatic heterocycles. The highest BCUT2D eigenvalue weighted by Gasteiger charge is 2.13. The first-order chi connectivity index (χ1) is 11.1. The van der Waals surface area contributed by atoms with E-state index in [1.54, 1.807) is 6.92 Å². The molecule has 0 heterocycles. The normalized spacial score (nSPS) is 12.1. The third-order valence-corrected chi connectivity index (χ3v) is 4.36. The molecule has 0 aliphatic carbocycles. The van der Waals surface area contributed by atoms with Crippen LogP contribution in [0.3, 0.4) is 0 Å². The summed E-state index contributed by atoms with van der Waals surface area (Å²) in [6.07, 6.45) is 18.0. The molecule has 0 spiro atoms. The number of ether oxygens (including phenoxy) is 1. The summed E-state index contributed by atoms with van der Waals surface area (Å²) in [6, 6.07) is 0. The van der Waals surface area contributed by atoms with E-state index in [2.05, 4.69) is 20.4 Å². The molecule has 0 aliphatic rings. The molecule has 1 atom stereocenters. The zero-order valence-corrected chi connectivity index (χ0v) is 16.0. The Bertz CT molecular complexity index is 296. The van der Waals surface area contributed by atoms with Crippen molar-refractivity contribution < 1.29 is 9.53 Å². The Balaban J connectivity index is 3.52. The second-order valence-electron chi connectivity index (χ2n) is 6.92. The summed E-state index contributed by atoms with van der Waals surface area (Å²) in [7, 11) is 0. The van der Waals surface area contributed by atoms with Gasteiger partial charge in [-0.15, -0.1) is 0 Å². The third kappa shape index (κ3) is 14.5. The van der Waals surface area contributed by atoms with Gasteiger partial charge in [0, 0.05) is 5.57 Å². The van der Waals surface area contributed by atoms with Crippen LogP contribution in [0.1, 0.15) is 111 Å². The average Bonchev–Trinajstić information content (AvgIpc) is 2.52. The highest BCUT2D eigenvalue weighted by atomic mass is 16.5. The van der Waals surface area contributed by atoms with Gasteiger partial charge < -0.3 is 4.74 Å². The topological polar surface area (TPSA) is 26.3 Å². The molecule has 2 heteroatoms. The van der Waals surface area contributed by atoms with Crippen LogP contribution >= 0.6 is 0 Å². The maximum atomic E-state index is 11.6. The predicted octanol–water partition coefficient (Wildman–Crippen LogP) is 6.98. The largest absolute Gasteiger partial charge is 0.459 e. The fourth-order valence-electron chi connectivity index (χ4n) is 2.87. The molecule has 0 rings (SSSR count). The van der Waals surface area contributed by atoms with E-state index in [9.17, 15) is 4.79 Å². The van der Waals surface area contributed by atoms with Gasteiger partial charge in [-0.1, -0.05) is 91.1 Å². The Morgan fingerprint density at radius 3 is 1.70 bits per heavy atom. The minimum Gasteiger partial charge on any atom is -0.459 e. The van der Waals surface area contributed by atoms with Crippen LogP contribution in [-0.2, 0) is 9.53 Å². The van der Waals surface area contributed by atoms with Crippen molar-refractivity contribution in [2.45, 2.75) is 117 Å². The Morgan fingerprint density at radius 2 is 1.26 bits per heavy atom. The van der Waals surface area contributed by atoms with E-state index in [0.717, 1.165) is 19.3 Å². The molecule has 0 fully saturated rings. The number of carbonyl (C=O) groups excluding carboxylic acids is 1. The first-order valence-electron chi connectivity index (χ1n) is 9.98. The van der Waals surface area contributed by atoms with Crippen LogP contribution in [0.25, 0.3) is 0 Å². The fraction of sp³-hybridized carbons (Fsp3) is 0.857. The van der Waals surface area contributed by atoms with Gasteiger partial charge in [0.25, 0.3) is 0 Å². The van der Waals surface area contributed by atoms with Gasteiger partial charge in [0.2, 0.25) is 0 Å². The Morgan fingerprint density at radius 1 is 0.783 bits per heavy atom. The second kappa shape index (κ2) is 16.1. The Kier molecular flexibility index (Phi) is 15.5. The van der Waals surface area contributed by atoms with Crippen LogP contribution in [0.2, 0.25) is 0 Å². The smallest absolute Gasteiger partial charge is 0.333 e. The summed E-state index contributed by atoms with van der Waals surface area (Å²) in [5, 5.41) is 0. The highest BCUT2D eigenvalue weighted by Crippen LogP contribution is 2.16. The van der Waals surface area contributed by atoms with E-state index in [1.807, 2.05) is 0 Å². The highest BCUT2D eigenvalue weighted by molar-refractivity contribution is 5.87. The standard InChI is InChI=1S/C21H40O2/c1-5-7-8-9-10-11-12-13-14-15-16-18-20(17-6-2)23-21(22)19(3)4/h20H,3,5-18H2,1-2,4H3. The van der Waals surface area contributed by atoms with E-state index in [-0.39, 0.29) is 12.1 Å². The quantitative estimate of drug-likeness (QED) is 0.174. The molecule has 136 valence electrons. The molecule has 1 unspecified atom stereocenters. The van der Waals surface area contributed by atoms with Crippen molar-refractivity contribution in [2.24, 2.45) is 0 Å². The van der Waals surface area contributed by atoms with Crippen LogP contribution in [0.15, 0.2) is 12.2 Å². The minimum absolute atomic E-state index is 0.0859. The van der Waals surface area contributed by atoms with Gasteiger partial charge in [-0.2, -0.15) is 0 Å². The summed E-state index contributed by atoms with van der Waals surface area (Å²) in [5.41, 5.74) is 0.505. The van der Waals surface area contributed by atoms with Crippen LogP contribution in [-0.4, -0.2) is 12.1 Å². The lowest BCUT2D eigenvalue weighted by Gasteiger charge is -2.17. The van der Waals surface area contributed by atoms with E-state index < -0.39 is 0 Å². The number of rotatable bonds is 16. The lowest BCUT2D eigenvalue weighted by atomic mass is 10.0. The Hall–Kier alpha value is -0.790. The molecule has 23 heavy (non-hydrogen) atoms. The summed E-state index contributed by atoms with van der Waals surface area (Å²) in [5.74, 6) is -0.230. The van der Waals surface area contributed by atoms with Crippen LogP contribution in [0.4, 0.5) is 0 Å². The summed E-state index contributed by atoms with van der Waals surface area (Å²) in [6.45, 7) is 9.78. The van der Waals surface area contributed by atoms with E-state index in [0.29, 0.717) is 5.57 Å². The lowest BCUT2D eigenvalue weighted by Crippen LogP contribution is -2.18. The molecule has 0 radical (unpaired) electrons. The first-order valence-corrected chi connectivity index (χ1v) is 9.98. The number of hydrogen-bond donors (Lipinski definition) is 0. The summed E-state index contributed by atoms with van der Waals surface area (Å²) < 4.78 is 5.51. The van der Waals surface area contributed by atoms with Gasteiger partial charge in [0.15, 0.2) is 0 Å². The van der Waals surface area contributed by atoms with Crippen LogP contribution in [0, 0.1) is 0 Å². The van der Waals surface area contributed by atoms with Gasteiger partial charge in [-0.3, -0.25) is 0 Å². The fourth-order valence-corrected chi connectivity index (χ4v) is 2.87. The number of carbonyl (C=O) groups is 1. The first kappa shape index (κ1) is 22.2. The van der Waals surface area contributed by atoms with E-state index in [4.69, 9.17) is 4.74 Å². The average molecular weight is 325 g/mol. The van der Waals surface area contributed by atoms with Crippen LogP contribution in [0.5, 0.6) is 0 Å². The molecule has 0 aliphatic heterocycles. The van der Waals surface area contributed by atoms with Crippen molar-refractivity contribution in [2.75, 3.05) is 0 Å². The lowest BCUT2D eigenvalue weighted by molar-refractivity contribution is -0.144. The van der Waals surface area contributed by atoms with Crippen molar-refractivity contribution >= 4 is 5.97 Å². The second-order valence-corrected chi connectivity index (χ2v) is 6.92.